The number of benzene rings is 1. The second-order valence-electron chi connectivity index (χ2n) is 7.96. The van der Waals surface area contributed by atoms with Gasteiger partial charge in [0.25, 0.3) is 0 Å². The first-order valence-corrected chi connectivity index (χ1v) is 10.3. The smallest absolute Gasteiger partial charge is 0.132 e. The van der Waals surface area contributed by atoms with Gasteiger partial charge in [0.2, 0.25) is 0 Å². The molecule has 3 heterocycles. The number of aromatic nitrogens is 1. The molecule has 0 bridgehead atoms. The topological polar surface area (TPSA) is 19.4 Å². The Bertz CT molecular complexity index is 845. The number of hydrogen-bond acceptors (Lipinski definition) is 3. The van der Waals surface area contributed by atoms with E-state index in [1.807, 2.05) is 12.3 Å². The maximum absolute atomic E-state index is 4.51. The Morgan fingerprint density at radius 1 is 1.00 bits per heavy atom. The summed E-state index contributed by atoms with van der Waals surface area (Å²) in [7, 11) is 0. The van der Waals surface area contributed by atoms with Gasteiger partial charge in [-0.2, -0.15) is 0 Å². The van der Waals surface area contributed by atoms with Crippen molar-refractivity contribution in [2.24, 2.45) is 5.92 Å². The summed E-state index contributed by atoms with van der Waals surface area (Å²) in [4.78, 5) is 9.40. The lowest BCUT2D eigenvalue weighted by atomic mass is 9.93. The van der Waals surface area contributed by atoms with E-state index in [1.165, 1.54) is 61.2 Å². The molecule has 138 valence electrons. The lowest BCUT2D eigenvalue weighted by Crippen LogP contribution is -2.21. The van der Waals surface area contributed by atoms with E-state index in [1.54, 1.807) is 0 Å². The van der Waals surface area contributed by atoms with Gasteiger partial charge in [0.05, 0.1) is 0 Å². The zero-order chi connectivity index (χ0) is 18.1. The molecule has 1 unspecified atom stereocenters. The Morgan fingerprint density at radius 2 is 1.85 bits per heavy atom. The number of allylic oxidation sites excluding steroid dienone is 1. The summed E-state index contributed by atoms with van der Waals surface area (Å²) < 4.78 is 0. The van der Waals surface area contributed by atoms with Crippen molar-refractivity contribution in [3.8, 4) is 0 Å². The molecule has 3 aliphatic rings. The van der Waals surface area contributed by atoms with Crippen LogP contribution < -0.4 is 4.90 Å². The van der Waals surface area contributed by atoms with Crippen molar-refractivity contribution >= 4 is 11.4 Å². The van der Waals surface area contributed by atoms with Gasteiger partial charge in [-0.15, -0.1) is 0 Å². The molecule has 27 heavy (non-hydrogen) atoms. The first-order chi connectivity index (χ1) is 13.4. The maximum Gasteiger partial charge on any atom is 0.132 e. The number of fused-ring (bicyclic) bond motifs is 1. The fourth-order valence-corrected chi connectivity index (χ4v) is 4.68. The molecule has 0 radical (unpaired) electrons. The molecule has 1 aliphatic carbocycles. The van der Waals surface area contributed by atoms with E-state index in [2.05, 4.69) is 63.5 Å². The third-order valence-corrected chi connectivity index (χ3v) is 6.23. The highest BCUT2D eigenvalue weighted by atomic mass is 15.2. The monoisotopic (exact) mass is 357 g/mol. The number of likely N-dealkylation sites (tertiary alicyclic amines) is 1. The molecule has 0 spiro atoms. The van der Waals surface area contributed by atoms with Gasteiger partial charge in [0, 0.05) is 31.4 Å². The molecule has 1 aromatic carbocycles. The third-order valence-electron chi connectivity index (χ3n) is 6.23. The minimum absolute atomic E-state index is 0.516. The minimum atomic E-state index is 0.516. The molecular weight excluding hydrogens is 330 g/mol. The molecular formula is C24H27N3. The summed E-state index contributed by atoms with van der Waals surface area (Å²) in [6, 6.07) is 15.5. The molecule has 0 N–H and O–H groups in total. The largest absolute Gasteiger partial charge is 0.332 e. The van der Waals surface area contributed by atoms with Gasteiger partial charge in [-0.05, 0) is 73.2 Å². The molecule has 1 aromatic heterocycles. The first-order valence-electron chi connectivity index (χ1n) is 10.3. The number of nitrogens with zero attached hydrogens (tertiary/aromatic N) is 3. The lowest BCUT2D eigenvalue weighted by molar-refractivity contribution is 0.343. The van der Waals surface area contributed by atoms with Crippen molar-refractivity contribution in [1.29, 1.82) is 0 Å². The first kappa shape index (κ1) is 16.8. The third kappa shape index (κ3) is 3.44. The highest BCUT2D eigenvalue weighted by Gasteiger charge is 2.32. The van der Waals surface area contributed by atoms with Gasteiger partial charge < -0.3 is 9.80 Å². The number of rotatable bonds is 5. The SMILES string of the molecule is C1=C2CC=C(c3ccc(CCN4CCCC4)cc3)C2CN1c1ccccn1. The highest BCUT2D eigenvalue weighted by molar-refractivity contribution is 5.76. The maximum atomic E-state index is 4.51. The van der Waals surface area contributed by atoms with Gasteiger partial charge in [0.15, 0.2) is 0 Å². The average Bonchev–Trinajstić information content (AvgIpc) is 3.45. The molecule has 2 aliphatic heterocycles. The molecule has 3 heteroatoms. The molecule has 1 atom stereocenters. The summed E-state index contributed by atoms with van der Waals surface area (Å²) in [6.07, 6.45) is 11.6. The summed E-state index contributed by atoms with van der Waals surface area (Å²) in [6.45, 7) is 4.79. The van der Waals surface area contributed by atoms with Crippen LogP contribution in [0.1, 0.15) is 30.4 Å². The summed E-state index contributed by atoms with van der Waals surface area (Å²) >= 11 is 0. The van der Waals surface area contributed by atoms with Gasteiger partial charge in [-0.25, -0.2) is 4.98 Å². The van der Waals surface area contributed by atoms with Crippen LogP contribution in [-0.4, -0.2) is 36.1 Å². The van der Waals surface area contributed by atoms with Crippen molar-refractivity contribution in [3.63, 3.8) is 0 Å². The van der Waals surface area contributed by atoms with Gasteiger partial charge in [-0.3, -0.25) is 0 Å². The second kappa shape index (κ2) is 7.32. The quantitative estimate of drug-likeness (QED) is 0.784. The molecule has 1 fully saturated rings. The summed E-state index contributed by atoms with van der Waals surface area (Å²) in [5, 5.41) is 0. The van der Waals surface area contributed by atoms with Crippen LogP contribution in [0.15, 0.2) is 66.5 Å². The number of anilines is 1. The minimum Gasteiger partial charge on any atom is -0.332 e. The van der Waals surface area contributed by atoms with Crippen LogP contribution in [0.5, 0.6) is 0 Å². The van der Waals surface area contributed by atoms with E-state index >= 15 is 0 Å². The lowest BCUT2D eigenvalue weighted by Gasteiger charge is -2.18. The zero-order valence-corrected chi connectivity index (χ0v) is 15.8. The van der Waals surface area contributed by atoms with Crippen LogP contribution in [0.4, 0.5) is 5.82 Å². The fraction of sp³-hybridized carbons (Fsp3) is 0.375. The van der Waals surface area contributed by atoms with Crippen molar-refractivity contribution in [1.82, 2.24) is 9.88 Å². The van der Waals surface area contributed by atoms with Crippen molar-refractivity contribution in [3.05, 3.63) is 77.6 Å². The van der Waals surface area contributed by atoms with Gasteiger partial charge in [-0.1, -0.05) is 36.4 Å². The predicted octanol–water partition coefficient (Wildman–Crippen LogP) is 4.53. The number of pyridine rings is 1. The fourth-order valence-electron chi connectivity index (χ4n) is 4.68. The Kier molecular flexibility index (Phi) is 4.54. The van der Waals surface area contributed by atoms with Crippen molar-refractivity contribution < 1.29 is 0 Å². The van der Waals surface area contributed by atoms with E-state index in [9.17, 15) is 0 Å². The van der Waals surface area contributed by atoms with E-state index < -0.39 is 0 Å². The van der Waals surface area contributed by atoms with E-state index in [-0.39, 0.29) is 0 Å². The van der Waals surface area contributed by atoms with E-state index in [0.717, 1.165) is 18.8 Å². The Morgan fingerprint density at radius 3 is 2.63 bits per heavy atom. The summed E-state index contributed by atoms with van der Waals surface area (Å²) in [5.74, 6) is 1.57. The molecule has 5 rings (SSSR count). The second-order valence-corrected chi connectivity index (χ2v) is 7.96. The van der Waals surface area contributed by atoms with Gasteiger partial charge >= 0.3 is 0 Å². The average molecular weight is 358 g/mol. The molecule has 0 amide bonds. The Labute approximate surface area is 162 Å². The Balaban J connectivity index is 1.25. The summed E-state index contributed by atoms with van der Waals surface area (Å²) in [5.41, 5.74) is 5.86. The highest BCUT2D eigenvalue weighted by Crippen LogP contribution is 2.42. The van der Waals surface area contributed by atoms with Crippen LogP contribution in [0, 0.1) is 5.92 Å². The van der Waals surface area contributed by atoms with Crippen molar-refractivity contribution in [2.75, 3.05) is 31.1 Å². The van der Waals surface area contributed by atoms with Crippen LogP contribution in [0.25, 0.3) is 5.57 Å². The van der Waals surface area contributed by atoms with Crippen LogP contribution >= 0.6 is 0 Å². The Hall–Kier alpha value is -2.39. The predicted molar refractivity (Wildman–Crippen MR) is 112 cm³/mol. The molecule has 2 aromatic rings. The van der Waals surface area contributed by atoms with Crippen LogP contribution in [-0.2, 0) is 6.42 Å². The van der Waals surface area contributed by atoms with E-state index in [0.29, 0.717) is 5.92 Å². The number of hydrogen-bond donors (Lipinski definition) is 0. The molecule has 0 saturated carbocycles. The molecule has 3 nitrogen and oxygen atoms in total. The van der Waals surface area contributed by atoms with Crippen molar-refractivity contribution in [2.45, 2.75) is 25.7 Å². The standard InChI is InChI=1S/C24H27N3/c1-2-13-25-24(5-1)27-17-21-10-11-22(23(21)18-27)20-8-6-19(7-9-20)12-16-26-14-3-4-15-26/h1-2,5-9,11,13,17,23H,3-4,10,12,14-16,18H2. The van der Waals surface area contributed by atoms with Crippen LogP contribution in [0.3, 0.4) is 0 Å². The zero-order valence-electron chi connectivity index (χ0n) is 15.8. The normalized spacial score (nSPS) is 22.1. The molecule has 1 saturated heterocycles. The van der Waals surface area contributed by atoms with Gasteiger partial charge in [0.1, 0.15) is 5.82 Å². The van der Waals surface area contributed by atoms with Crippen LogP contribution in [0.2, 0.25) is 0 Å². The van der Waals surface area contributed by atoms with E-state index in [4.69, 9.17) is 0 Å².